The number of anilines is 1. The highest BCUT2D eigenvalue weighted by molar-refractivity contribution is 5.86. The summed E-state index contributed by atoms with van der Waals surface area (Å²) in [7, 11) is 0. The molecule has 1 aromatic carbocycles. The minimum atomic E-state index is -0.582. The zero-order chi connectivity index (χ0) is 16.2. The van der Waals surface area contributed by atoms with Crippen molar-refractivity contribution in [1.82, 2.24) is 4.98 Å². The van der Waals surface area contributed by atoms with Gasteiger partial charge in [0.2, 0.25) is 0 Å². The van der Waals surface area contributed by atoms with Gasteiger partial charge in [-0.2, -0.15) is 0 Å². The van der Waals surface area contributed by atoms with Crippen LogP contribution in [-0.4, -0.2) is 21.8 Å². The molecular formula is C17H20N2O3. The van der Waals surface area contributed by atoms with Gasteiger partial charge < -0.3 is 9.84 Å². The quantitative estimate of drug-likeness (QED) is 0.908. The fourth-order valence-electron chi connectivity index (χ4n) is 1.92. The summed E-state index contributed by atoms with van der Waals surface area (Å²) < 4.78 is 5.20. The van der Waals surface area contributed by atoms with Crippen LogP contribution in [0.2, 0.25) is 0 Å². The summed E-state index contributed by atoms with van der Waals surface area (Å²) >= 11 is 0. The van der Waals surface area contributed by atoms with Crippen molar-refractivity contribution in [2.45, 2.75) is 33.0 Å². The van der Waals surface area contributed by atoms with Gasteiger partial charge in [0.15, 0.2) is 0 Å². The van der Waals surface area contributed by atoms with Crippen LogP contribution in [0, 0.1) is 0 Å². The molecule has 0 spiro atoms. The molecule has 0 saturated heterocycles. The minimum Gasteiger partial charge on any atom is -0.444 e. The number of benzene rings is 1. The van der Waals surface area contributed by atoms with E-state index in [1.165, 1.54) is 0 Å². The number of hydrogen-bond donors (Lipinski definition) is 2. The lowest BCUT2D eigenvalue weighted by Crippen LogP contribution is -2.27. The van der Waals surface area contributed by atoms with E-state index in [1.807, 2.05) is 30.3 Å². The number of nitrogens with one attached hydrogen (secondary N) is 1. The number of ether oxygens (including phenoxy) is 1. The molecule has 0 aliphatic rings. The molecule has 0 radical (unpaired) electrons. The molecule has 1 aromatic heterocycles. The van der Waals surface area contributed by atoms with Crippen LogP contribution in [-0.2, 0) is 11.3 Å². The van der Waals surface area contributed by atoms with Crippen molar-refractivity contribution in [1.29, 1.82) is 0 Å². The van der Waals surface area contributed by atoms with Gasteiger partial charge in [0, 0.05) is 5.56 Å². The molecular weight excluding hydrogens is 280 g/mol. The van der Waals surface area contributed by atoms with Crippen LogP contribution < -0.4 is 5.32 Å². The van der Waals surface area contributed by atoms with E-state index in [1.54, 1.807) is 32.9 Å². The maximum absolute atomic E-state index is 11.8. The first-order valence-electron chi connectivity index (χ1n) is 7.05. The lowest BCUT2D eigenvalue weighted by atomic mass is 10.1. The molecule has 0 aliphatic heterocycles. The second-order valence-corrected chi connectivity index (χ2v) is 5.84. The van der Waals surface area contributed by atoms with Gasteiger partial charge in [0.1, 0.15) is 5.60 Å². The Hall–Kier alpha value is -2.40. The monoisotopic (exact) mass is 300 g/mol. The Labute approximate surface area is 130 Å². The molecule has 1 heterocycles. The van der Waals surface area contributed by atoms with Crippen molar-refractivity contribution in [2.24, 2.45) is 0 Å². The van der Waals surface area contributed by atoms with Crippen molar-refractivity contribution < 1.29 is 14.6 Å². The third-order valence-corrected chi connectivity index (χ3v) is 2.83. The summed E-state index contributed by atoms with van der Waals surface area (Å²) in [5, 5.41) is 12.1. The predicted octanol–water partition coefficient (Wildman–Crippen LogP) is 3.59. The van der Waals surface area contributed by atoms with Crippen LogP contribution in [0.4, 0.5) is 10.5 Å². The largest absolute Gasteiger partial charge is 0.444 e. The number of aliphatic hydroxyl groups excluding tert-OH is 1. The molecule has 1 amide bonds. The van der Waals surface area contributed by atoms with E-state index in [-0.39, 0.29) is 6.61 Å². The molecule has 2 N–H and O–H groups in total. The number of rotatable bonds is 3. The van der Waals surface area contributed by atoms with Gasteiger partial charge >= 0.3 is 6.09 Å². The Balaban J connectivity index is 2.22. The number of nitrogens with zero attached hydrogens (tertiary/aromatic N) is 1. The first kappa shape index (κ1) is 16.0. The number of hydrogen-bond acceptors (Lipinski definition) is 4. The van der Waals surface area contributed by atoms with Crippen LogP contribution in [0.3, 0.4) is 0 Å². The van der Waals surface area contributed by atoms with Gasteiger partial charge in [-0.05, 0) is 32.9 Å². The van der Waals surface area contributed by atoms with E-state index in [0.29, 0.717) is 11.4 Å². The molecule has 2 aromatic rings. The van der Waals surface area contributed by atoms with E-state index in [0.717, 1.165) is 11.3 Å². The van der Waals surface area contributed by atoms with Crippen LogP contribution in [0.1, 0.15) is 26.5 Å². The Bertz CT molecular complexity index is 649. The van der Waals surface area contributed by atoms with Crippen molar-refractivity contribution in [3.05, 3.63) is 48.2 Å². The summed E-state index contributed by atoms with van der Waals surface area (Å²) in [6, 6.07) is 13.1. The summed E-state index contributed by atoms with van der Waals surface area (Å²) in [4.78, 5) is 16.2. The molecule has 0 unspecified atom stereocenters. The van der Waals surface area contributed by atoms with Gasteiger partial charge in [-0.25, -0.2) is 9.78 Å². The molecule has 0 saturated carbocycles. The first-order valence-corrected chi connectivity index (χ1v) is 7.05. The Morgan fingerprint density at radius 1 is 1.18 bits per heavy atom. The standard InChI is InChI=1S/C17H20N2O3/c1-17(2,3)22-16(21)19-14-10-9-13(18-15(14)11-20)12-7-5-4-6-8-12/h4-10,20H,11H2,1-3H3,(H,19,21). The minimum absolute atomic E-state index is 0.272. The molecule has 0 aliphatic carbocycles. The fraction of sp³-hybridized carbons (Fsp3) is 0.294. The summed E-state index contributed by atoms with van der Waals surface area (Å²) in [5.41, 5.74) is 1.94. The number of pyridine rings is 1. The third kappa shape index (κ3) is 4.30. The van der Waals surface area contributed by atoms with Crippen LogP contribution in [0.25, 0.3) is 11.3 Å². The van der Waals surface area contributed by atoms with Gasteiger partial charge in [-0.1, -0.05) is 30.3 Å². The Morgan fingerprint density at radius 3 is 2.45 bits per heavy atom. The van der Waals surface area contributed by atoms with E-state index < -0.39 is 11.7 Å². The van der Waals surface area contributed by atoms with Gasteiger partial charge in [0.25, 0.3) is 0 Å². The summed E-state index contributed by atoms with van der Waals surface area (Å²) in [6.45, 7) is 5.09. The summed E-state index contributed by atoms with van der Waals surface area (Å²) in [5.74, 6) is 0. The number of aromatic nitrogens is 1. The van der Waals surface area contributed by atoms with E-state index in [9.17, 15) is 9.90 Å². The Kier molecular flexibility index (Phi) is 4.78. The highest BCUT2D eigenvalue weighted by atomic mass is 16.6. The maximum Gasteiger partial charge on any atom is 0.412 e. The van der Waals surface area contributed by atoms with Gasteiger partial charge in [-0.15, -0.1) is 0 Å². The molecule has 2 rings (SSSR count). The topological polar surface area (TPSA) is 71.5 Å². The van der Waals surface area contributed by atoms with Crippen LogP contribution >= 0.6 is 0 Å². The first-order chi connectivity index (χ1) is 10.4. The predicted molar refractivity (Wildman–Crippen MR) is 85.5 cm³/mol. The van der Waals surface area contributed by atoms with E-state index in [2.05, 4.69) is 10.3 Å². The van der Waals surface area contributed by atoms with Crippen molar-refractivity contribution in [2.75, 3.05) is 5.32 Å². The molecule has 22 heavy (non-hydrogen) atoms. The van der Waals surface area contributed by atoms with E-state index >= 15 is 0 Å². The SMILES string of the molecule is CC(C)(C)OC(=O)Nc1ccc(-c2ccccc2)nc1CO. The second kappa shape index (κ2) is 6.58. The van der Waals surface area contributed by atoms with Gasteiger partial charge in [0.05, 0.1) is 23.7 Å². The van der Waals surface area contributed by atoms with E-state index in [4.69, 9.17) is 4.74 Å². The number of carbonyl (C=O) groups is 1. The number of amides is 1. The van der Waals surface area contributed by atoms with Gasteiger partial charge in [-0.3, -0.25) is 5.32 Å². The lowest BCUT2D eigenvalue weighted by molar-refractivity contribution is 0.0635. The maximum atomic E-state index is 11.8. The lowest BCUT2D eigenvalue weighted by Gasteiger charge is -2.20. The zero-order valence-corrected chi connectivity index (χ0v) is 13.0. The summed E-state index contributed by atoms with van der Waals surface area (Å²) in [6.07, 6.45) is -0.573. The molecule has 5 heteroatoms. The highest BCUT2D eigenvalue weighted by Crippen LogP contribution is 2.22. The molecule has 5 nitrogen and oxygen atoms in total. The number of carbonyl (C=O) groups excluding carboxylic acids is 1. The average molecular weight is 300 g/mol. The molecule has 116 valence electrons. The second-order valence-electron chi connectivity index (χ2n) is 5.84. The highest BCUT2D eigenvalue weighted by Gasteiger charge is 2.17. The Morgan fingerprint density at radius 2 is 1.86 bits per heavy atom. The molecule has 0 fully saturated rings. The third-order valence-electron chi connectivity index (χ3n) is 2.83. The normalized spacial score (nSPS) is 11.1. The molecule has 0 atom stereocenters. The number of aliphatic hydroxyl groups is 1. The molecule has 0 bridgehead atoms. The van der Waals surface area contributed by atoms with Crippen molar-refractivity contribution in [3.63, 3.8) is 0 Å². The average Bonchev–Trinajstić information content (AvgIpc) is 2.46. The smallest absolute Gasteiger partial charge is 0.412 e. The zero-order valence-electron chi connectivity index (χ0n) is 13.0. The van der Waals surface area contributed by atoms with Crippen molar-refractivity contribution >= 4 is 11.8 Å². The fourth-order valence-corrected chi connectivity index (χ4v) is 1.92. The van der Waals surface area contributed by atoms with Crippen molar-refractivity contribution in [3.8, 4) is 11.3 Å². The van der Waals surface area contributed by atoms with Crippen LogP contribution in [0.15, 0.2) is 42.5 Å². The van der Waals surface area contributed by atoms with Crippen LogP contribution in [0.5, 0.6) is 0 Å².